The van der Waals surface area contributed by atoms with Crippen LogP contribution in [0.25, 0.3) is 0 Å². The number of nitrogens with one attached hydrogen (secondary N) is 1. The van der Waals surface area contributed by atoms with E-state index < -0.39 is 20.8 Å². The van der Waals surface area contributed by atoms with E-state index in [1.807, 2.05) is 0 Å². The maximum absolute atomic E-state index is 13.4. The summed E-state index contributed by atoms with van der Waals surface area (Å²) in [5, 5.41) is 10.6. The highest BCUT2D eigenvalue weighted by Gasteiger charge is 2.17. The Morgan fingerprint density at radius 2 is 1.86 bits per heavy atom. The molecule has 0 saturated carbocycles. The minimum absolute atomic E-state index is 0.187. The maximum Gasteiger partial charge on any atom is 0.270 e. The lowest BCUT2D eigenvalue weighted by Gasteiger charge is -2.07. The van der Waals surface area contributed by atoms with Gasteiger partial charge in [-0.25, -0.2) is 17.5 Å². The minimum atomic E-state index is -3.95. The van der Waals surface area contributed by atoms with Crippen molar-refractivity contribution < 1.29 is 17.7 Å². The largest absolute Gasteiger partial charge is 0.270 e. The van der Waals surface area contributed by atoms with Gasteiger partial charge < -0.3 is 0 Å². The molecule has 0 bridgehead atoms. The number of rotatable bonds is 5. The predicted molar refractivity (Wildman–Crippen MR) is 73.5 cm³/mol. The zero-order valence-electron chi connectivity index (χ0n) is 10.7. The van der Waals surface area contributed by atoms with Gasteiger partial charge in [-0.05, 0) is 12.1 Å². The standard InChI is InChI=1S/C13H11FN2O4S/c14-13-7-2-1-4-10(13)9-15-21(19,20)12-6-3-5-11(8-12)16(17)18/h1-8,15H,9H2. The van der Waals surface area contributed by atoms with Gasteiger partial charge in [-0.15, -0.1) is 0 Å². The lowest BCUT2D eigenvalue weighted by molar-refractivity contribution is -0.385. The van der Waals surface area contributed by atoms with Crippen LogP contribution in [0.4, 0.5) is 10.1 Å². The summed E-state index contributed by atoms with van der Waals surface area (Å²) in [6.45, 7) is -0.238. The van der Waals surface area contributed by atoms with E-state index in [0.29, 0.717) is 0 Å². The number of non-ortho nitro benzene ring substituents is 1. The van der Waals surface area contributed by atoms with Gasteiger partial charge in [-0.2, -0.15) is 0 Å². The number of benzene rings is 2. The molecule has 6 nitrogen and oxygen atoms in total. The summed E-state index contributed by atoms with van der Waals surface area (Å²) in [5.74, 6) is -0.528. The van der Waals surface area contributed by atoms with Crippen LogP contribution in [0.5, 0.6) is 0 Å². The summed E-state index contributed by atoms with van der Waals surface area (Å²) in [6.07, 6.45) is 0. The van der Waals surface area contributed by atoms with Gasteiger partial charge in [-0.1, -0.05) is 24.3 Å². The molecule has 8 heteroatoms. The first kappa shape index (κ1) is 15.1. The van der Waals surface area contributed by atoms with Crippen LogP contribution in [-0.4, -0.2) is 13.3 Å². The molecule has 0 aromatic heterocycles. The molecule has 0 atom stereocenters. The Balaban J connectivity index is 2.21. The summed E-state index contributed by atoms with van der Waals surface area (Å²) in [4.78, 5) is 9.72. The molecule has 0 unspecified atom stereocenters. The van der Waals surface area contributed by atoms with E-state index in [4.69, 9.17) is 0 Å². The molecule has 0 radical (unpaired) electrons. The van der Waals surface area contributed by atoms with Crippen LogP contribution in [0, 0.1) is 15.9 Å². The Kier molecular flexibility index (Phi) is 4.29. The van der Waals surface area contributed by atoms with Crippen LogP contribution in [0.15, 0.2) is 53.4 Å². The molecule has 0 aliphatic heterocycles. The maximum atomic E-state index is 13.4. The first-order valence-electron chi connectivity index (χ1n) is 5.88. The van der Waals surface area contributed by atoms with Crippen molar-refractivity contribution in [1.29, 1.82) is 0 Å². The van der Waals surface area contributed by atoms with Crippen LogP contribution in [-0.2, 0) is 16.6 Å². The molecule has 0 saturated heterocycles. The van der Waals surface area contributed by atoms with Gasteiger partial charge in [0.25, 0.3) is 5.69 Å². The molecule has 2 aromatic rings. The number of nitro groups is 1. The van der Waals surface area contributed by atoms with Crippen LogP contribution >= 0.6 is 0 Å². The van der Waals surface area contributed by atoms with Crippen LogP contribution in [0.1, 0.15) is 5.56 Å². The molecule has 21 heavy (non-hydrogen) atoms. The fraction of sp³-hybridized carbons (Fsp3) is 0.0769. The SMILES string of the molecule is O=[N+]([O-])c1cccc(S(=O)(=O)NCc2ccccc2F)c1. The summed E-state index contributed by atoms with van der Waals surface area (Å²) in [7, 11) is -3.95. The molecule has 0 fully saturated rings. The highest BCUT2D eigenvalue weighted by molar-refractivity contribution is 7.89. The predicted octanol–water partition coefficient (Wildman–Crippen LogP) is 2.21. The molecule has 0 heterocycles. The van der Waals surface area contributed by atoms with Gasteiger partial charge in [-0.3, -0.25) is 10.1 Å². The fourth-order valence-corrected chi connectivity index (χ4v) is 2.71. The van der Waals surface area contributed by atoms with E-state index in [0.717, 1.165) is 6.07 Å². The number of sulfonamides is 1. The molecular weight excluding hydrogens is 299 g/mol. The first-order chi connectivity index (χ1) is 9.90. The van der Waals surface area contributed by atoms with Gasteiger partial charge in [0, 0.05) is 24.2 Å². The van der Waals surface area contributed by atoms with Crippen molar-refractivity contribution in [2.45, 2.75) is 11.4 Å². The monoisotopic (exact) mass is 310 g/mol. The summed E-state index contributed by atoms with van der Waals surface area (Å²) in [5.41, 5.74) is -0.143. The molecule has 0 spiro atoms. The topological polar surface area (TPSA) is 89.3 Å². The molecule has 0 amide bonds. The lowest BCUT2D eigenvalue weighted by atomic mass is 10.2. The molecule has 2 aromatic carbocycles. The van der Waals surface area contributed by atoms with Crippen molar-refractivity contribution in [3.63, 3.8) is 0 Å². The van der Waals surface area contributed by atoms with E-state index in [9.17, 15) is 22.9 Å². The molecule has 2 rings (SSSR count). The van der Waals surface area contributed by atoms with Crippen molar-refractivity contribution in [2.75, 3.05) is 0 Å². The lowest BCUT2D eigenvalue weighted by Crippen LogP contribution is -2.23. The second-order valence-corrected chi connectivity index (χ2v) is 5.94. The number of nitrogens with zero attached hydrogens (tertiary/aromatic N) is 1. The summed E-state index contributed by atoms with van der Waals surface area (Å²) in [6, 6.07) is 10.4. The van der Waals surface area contributed by atoms with Crippen molar-refractivity contribution in [3.8, 4) is 0 Å². The van der Waals surface area contributed by atoms with Crippen molar-refractivity contribution in [2.24, 2.45) is 0 Å². The number of halogens is 1. The Labute approximate surface area is 120 Å². The minimum Gasteiger partial charge on any atom is -0.258 e. The highest BCUT2D eigenvalue weighted by Crippen LogP contribution is 2.17. The van der Waals surface area contributed by atoms with Crippen LogP contribution < -0.4 is 4.72 Å². The Hall–Kier alpha value is -2.32. The summed E-state index contributed by atoms with van der Waals surface area (Å²) < 4.78 is 39.7. The van der Waals surface area contributed by atoms with Gasteiger partial charge in [0.2, 0.25) is 10.0 Å². The third kappa shape index (κ3) is 3.61. The zero-order chi connectivity index (χ0) is 15.5. The summed E-state index contributed by atoms with van der Waals surface area (Å²) >= 11 is 0. The van der Waals surface area contributed by atoms with E-state index in [2.05, 4.69) is 4.72 Å². The average molecular weight is 310 g/mol. The fourth-order valence-electron chi connectivity index (χ4n) is 1.66. The van der Waals surface area contributed by atoms with E-state index >= 15 is 0 Å². The van der Waals surface area contributed by atoms with E-state index in [1.54, 1.807) is 6.07 Å². The van der Waals surface area contributed by atoms with Crippen molar-refractivity contribution in [3.05, 3.63) is 70.0 Å². The normalized spacial score (nSPS) is 11.3. The third-order valence-corrected chi connectivity index (χ3v) is 4.15. The van der Waals surface area contributed by atoms with E-state index in [-0.39, 0.29) is 22.7 Å². The number of nitro benzene ring substituents is 1. The van der Waals surface area contributed by atoms with Gasteiger partial charge >= 0.3 is 0 Å². The molecule has 1 N–H and O–H groups in total. The van der Waals surface area contributed by atoms with E-state index in [1.165, 1.54) is 36.4 Å². The van der Waals surface area contributed by atoms with Gasteiger partial charge in [0.15, 0.2) is 0 Å². The quantitative estimate of drug-likeness (QED) is 0.677. The van der Waals surface area contributed by atoms with Crippen molar-refractivity contribution in [1.82, 2.24) is 4.72 Å². The van der Waals surface area contributed by atoms with Gasteiger partial charge in [0.05, 0.1) is 9.82 Å². The molecular formula is C13H11FN2O4S. The number of hydrogen-bond donors (Lipinski definition) is 1. The Morgan fingerprint density at radius 1 is 1.14 bits per heavy atom. The number of hydrogen-bond acceptors (Lipinski definition) is 4. The van der Waals surface area contributed by atoms with Gasteiger partial charge in [0.1, 0.15) is 5.82 Å². The first-order valence-corrected chi connectivity index (χ1v) is 7.36. The molecule has 110 valence electrons. The second-order valence-electron chi connectivity index (χ2n) is 4.17. The Bertz CT molecular complexity index is 777. The Morgan fingerprint density at radius 3 is 2.52 bits per heavy atom. The molecule has 0 aliphatic carbocycles. The zero-order valence-corrected chi connectivity index (χ0v) is 11.5. The smallest absolute Gasteiger partial charge is 0.258 e. The molecule has 0 aliphatic rings. The average Bonchev–Trinajstić information content (AvgIpc) is 2.46. The second kappa shape index (κ2) is 5.98. The van der Waals surface area contributed by atoms with Crippen molar-refractivity contribution >= 4 is 15.7 Å². The van der Waals surface area contributed by atoms with Crippen LogP contribution in [0.2, 0.25) is 0 Å². The third-order valence-electron chi connectivity index (χ3n) is 2.75. The highest BCUT2D eigenvalue weighted by atomic mass is 32.2. The van der Waals surface area contributed by atoms with Crippen LogP contribution in [0.3, 0.4) is 0 Å².